The van der Waals surface area contributed by atoms with Crippen molar-refractivity contribution in [3.8, 4) is 0 Å². The van der Waals surface area contributed by atoms with Crippen LogP contribution in [0.25, 0.3) is 0 Å². The molecule has 29 heavy (non-hydrogen) atoms. The van der Waals surface area contributed by atoms with Gasteiger partial charge in [-0.05, 0) is 31.2 Å². The Morgan fingerprint density at radius 2 is 1.69 bits per heavy atom. The predicted octanol–water partition coefficient (Wildman–Crippen LogP) is 2.88. The maximum absolute atomic E-state index is 13.8. The van der Waals surface area contributed by atoms with Crippen LogP contribution in [0.3, 0.4) is 0 Å². The molecule has 3 aromatic rings. The number of hydrazine groups is 1. The van der Waals surface area contributed by atoms with Crippen molar-refractivity contribution in [3.05, 3.63) is 76.4 Å². The number of benzene rings is 2. The first-order chi connectivity index (χ1) is 13.8. The summed E-state index contributed by atoms with van der Waals surface area (Å²) in [4.78, 5) is 20.2. The standard InChI is InChI=1S/C17H15FN6O4S/c1-11-6-8-12(9-7-11)29(27,28)23-22-17-15(24(25)26)16(19-10-20-17)21-14-5-3-2-4-13(14)18/h2-10,23H,1H3,(H2,19,20,21,22). The molecule has 12 heteroatoms. The second-order valence-corrected chi connectivity index (χ2v) is 7.51. The van der Waals surface area contributed by atoms with Gasteiger partial charge < -0.3 is 5.32 Å². The molecule has 0 atom stereocenters. The SMILES string of the molecule is Cc1ccc(S(=O)(=O)NNc2ncnc(Nc3ccccc3F)c2[N+](=O)[O-])cc1. The topological polar surface area (TPSA) is 139 Å². The van der Waals surface area contributed by atoms with E-state index in [-0.39, 0.29) is 16.4 Å². The second-order valence-electron chi connectivity index (χ2n) is 5.82. The fourth-order valence-corrected chi connectivity index (χ4v) is 3.16. The molecule has 0 saturated carbocycles. The van der Waals surface area contributed by atoms with Gasteiger partial charge in [0.1, 0.15) is 12.1 Å². The normalized spacial score (nSPS) is 11.1. The van der Waals surface area contributed by atoms with Gasteiger partial charge in [0.05, 0.1) is 15.5 Å². The van der Waals surface area contributed by atoms with Crippen molar-refractivity contribution >= 4 is 33.0 Å². The Morgan fingerprint density at radius 3 is 2.34 bits per heavy atom. The van der Waals surface area contributed by atoms with E-state index in [9.17, 15) is 22.9 Å². The molecule has 10 nitrogen and oxygen atoms in total. The number of hydrogen-bond donors (Lipinski definition) is 3. The third-order valence-corrected chi connectivity index (χ3v) is 5.03. The summed E-state index contributed by atoms with van der Waals surface area (Å²) < 4.78 is 38.6. The molecule has 0 radical (unpaired) electrons. The van der Waals surface area contributed by atoms with Gasteiger partial charge in [0.2, 0.25) is 11.6 Å². The summed E-state index contributed by atoms with van der Waals surface area (Å²) in [6.45, 7) is 1.80. The number of nitrogens with zero attached hydrogens (tertiary/aromatic N) is 3. The molecule has 2 aromatic carbocycles. The Balaban J connectivity index is 1.89. The number of nitro groups is 1. The Hall–Kier alpha value is -3.64. The molecule has 1 heterocycles. The van der Waals surface area contributed by atoms with Crippen LogP contribution >= 0.6 is 0 Å². The summed E-state index contributed by atoms with van der Waals surface area (Å²) in [5, 5.41) is 14.0. The molecule has 3 N–H and O–H groups in total. The van der Waals surface area contributed by atoms with Crippen LogP contribution in [0.15, 0.2) is 59.8 Å². The Morgan fingerprint density at radius 1 is 1.03 bits per heavy atom. The smallest absolute Gasteiger partial charge is 0.332 e. The Kier molecular flexibility index (Phi) is 5.66. The summed E-state index contributed by atoms with van der Waals surface area (Å²) in [6.07, 6.45) is 0.971. The number of nitrogens with one attached hydrogen (secondary N) is 3. The van der Waals surface area contributed by atoms with Gasteiger partial charge in [0.25, 0.3) is 10.0 Å². The number of halogens is 1. The highest BCUT2D eigenvalue weighted by Crippen LogP contribution is 2.31. The molecule has 0 fully saturated rings. The van der Waals surface area contributed by atoms with Crippen molar-refractivity contribution in [1.82, 2.24) is 14.8 Å². The second kappa shape index (κ2) is 8.16. The number of hydrogen-bond acceptors (Lipinski definition) is 8. The molecular weight excluding hydrogens is 403 g/mol. The van der Waals surface area contributed by atoms with E-state index in [1.54, 1.807) is 19.1 Å². The molecule has 1 aromatic heterocycles. The lowest BCUT2D eigenvalue weighted by molar-refractivity contribution is -0.383. The number of aryl methyl sites for hydroxylation is 1. The number of aromatic nitrogens is 2. The van der Waals surface area contributed by atoms with E-state index in [1.807, 2.05) is 4.83 Å². The zero-order valence-corrected chi connectivity index (χ0v) is 15.8. The van der Waals surface area contributed by atoms with Crippen LogP contribution in [0.1, 0.15) is 5.56 Å². The Labute approximate surface area is 165 Å². The molecule has 0 aliphatic carbocycles. The summed E-state index contributed by atoms with van der Waals surface area (Å²) in [5.41, 5.74) is 2.39. The van der Waals surface area contributed by atoms with E-state index in [2.05, 4.69) is 20.7 Å². The van der Waals surface area contributed by atoms with Gasteiger partial charge >= 0.3 is 5.69 Å². The van der Waals surface area contributed by atoms with Crippen LogP contribution in [-0.4, -0.2) is 23.3 Å². The molecule has 150 valence electrons. The highest BCUT2D eigenvalue weighted by atomic mass is 32.2. The first-order valence-corrected chi connectivity index (χ1v) is 9.61. The third-order valence-electron chi connectivity index (χ3n) is 3.77. The number of sulfonamides is 1. The monoisotopic (exact) mass is 418 g/mol. The number of rotatable bonds is 7. The summed E-state index contributed by atoms with van der Waals surface area (Å²) in [7, 11) is -4.02. The van der Waals surface area contributed by atoms with Gasteiger partial charge in [-0.2, -0.15) is 0 Å². The molecule has 0 saturated heterocycles. The zero-order valence-electron chi connectivity index (χ0n) is 15.0. The lowest BCUT2D eigenvalue weighted by Gasteiger charge is -2.11. The van der Waals surface area contributed by atoms with E-state index in [0.717, 1.165) is 11.9 Å². The fraction of sp³-hybridized carbons (Fsp3) is 0.0588. The molecule has 0 aliphatic rings. The summed E-state index contributed by atoms with van der Waals surface area (Å²) in [5.74, 6) is -1.37. The van der Waals surface area contributed by atoms with E-state index < -0.39 is 32.3 Å². The molecule has 3 rings (SSSR count). The van der Waals surface area contributed by atoms with E-state index in [4.69, 9.17) is 0 Å². The van der Waals surface area contributed by atoms with Crippen LogP contribution in [0.4, 0.5) is 27.4 Å². The van der Waals surface area contributed by atoms with E-state index in [1.165, 1.54) is 36.4 Å². The minimum Gasteiger partial charge on any atom is -0.332 e. The maximum atomic E-state index is 13.8. The first-order valence-electron chi connectivity index (χ1n) is 8.13. The van der Waals surface area contributed by atoms with Crippen LogP contribution in [-0.2, 0) is 10.0 Å². The van der Waals surface area contributed by atoms with Crippen molar-refractivity contribution in [1.29, 1.82) is 0 Å². The minimum absolute atomic E-state index is 0.0412. The van der Waals surface area contributed by atoms with Crippen LogP contribution in [0, 0.1) is 22.9 Å². The van der Waals surface area contributed by atoms with Gasteiger partial charge in [0, 0.05) is 0 Å². The number of para-hydroxylation sites is 1. The number of anilines is 3. The van der Waals surface area contributed by atoms with Crippen molar-refractivity contribution in [3.63, 3.8) is 0 Å². The average Bonchev–Trinajstić information content (AvgIpc) is 2.68. The van der Waals surface area contributed by atoms with Crippen molar-refractivity contribution < 1.29 is 17.7 Å². The minimum atomic E-state index is -4.02. The highest BCUT2D eigenvalue weighted by Gasteiger charge is 2.25. The van der Waals surface area contributed by atoms with Gasteiger partial charge in [-0.25, -0.2) is 22.8 Å². The first kappa shape index (κ1) is 20.1. The molecule has 0 aliphatic heterocycles. The lowest BCUT2D eigenvalue weighted by Crippen LogP contribution is -2.30. The molecule has 0 unspecified atom stereocenters. The van der Waals surface area contributed by atoms with Gasteiger partial charge in [-0.15, -0.1) is 4.83 Å². The quantitative estimate of drug-likeness (QED) is 0.393. The molecule has 0 amide bonds. The zero-order chi connectivity index (χ0) is 21.0. The Bertz CT molecular complexity index is 1150. The van der Waals surface area contributed by atoms with Gasteiger partial charge in [0.15, 0.2) is 0 Å². The largest absolute Gasteiger partial charge is 0.354 e. The summed E-state index contributed by atoms with van der Waals surface area (Å²) >= 11 is 0. The van der Waals surface area contributed by atoms with Crippen LogP contribution in [0.5, 0.6) is 0 Å². The maximum Gasteiger partial charge on any atom is 0.354 e. The lowest BCUT2D eigenvalue weighted by atomic mass is 10.2. The van der Waals surface area contributed by atoms with Gasteiger partial charge in [-0.3, -0.25) is 15.5 Å². The van der Waals surface area contributed by atoms with Crippen molar-refractivity contribution in [2.75, 3.05) is 10.7 Å². The van der Waals surface area contributed by atoms with Crippen molar-refractivity contribution in [2.24, 2.45) is 0 Å². The average molecular weight is 418 g/mol. The third kappa shape index (κ3) is 4.62. The van der Waals surface area contributed by atoms with Crippen LogP contribution < -0.4 is 15.6 Å². The van der Waals surface area contributed by atoms with Crippen LogP contribution in [0.2, 0.25) is 0 Å². The predicted molar refractivity (Wildman–Crippen MR) is 103 cm³/mol. The van der Waals surface area contributed by atoms with E-state index in [0.29, 0.717) is 0 Å². The van der Waals surface area contributed by atoms with Gasteiger partial charge in [-0.1, -0.05) is 29.8 Å². The highest BCUT2D eigenvalue weighted by molar-refractivity contribution is 7.89. The fourth-order valence-electron chi connectivity index (χ4n) is 2.32. The molecule has 0 bridgehead atoms. The molecule has 0 spiro atoms. The summed E-state index contributed by atoms with van der Waals surface area (Å²) in [6, 6.07) is 11.5. The van der Waals surface area contributed by atoms with E-state index >= 15 is 0 Å². The molecular formula is C17H15FN6O4S. The van der Waals surface area contributed by atoms with Crippen molar-refractivity contribution in [2.45, 2.75) is 11.8 Å².